The predicted octanol–water partition coefficient (Wildman–Crippen LogP) is 6.75. The zero-order chi connectivity index (χ0) is 18.4. The molecule has 5 aromatic rings. The number of aryl methyl sites for hydroxylation is 2. The van der Waals surface area contributed by atoms with Crippen molar-refractivity contribution in [3.63, 3.8) is 0 Å². The van der Waals surface area contributed by atoms with Crippen LogP contribution in [-0.4, -0.2) is 9.38 Å². The number of nitrogens with zero attached hydrogens (tertiary/aromatic N) is 2. The van der Waals surface area contributed by atoms with Gasteiger partial charge in [0.25, 0.3) is 0 Å². The minimum atomic E-state index is 1.05. The van der Waals surface area contributed by atoms with Gasteiger partial charge in [-0.3, -0.25) is 4.40 Å². The standard InChI is InChI=1S/C24H20N2S/c1-3-17-10-12-19(13-11-17)23-22(18-7-5-4-6-8-18)25-24-26(23)20-14-9-16(2)15-21(20)27-24/h4-15H,3H2,1-2H3. The Kier molecular flexibility index (Phi) is 3.83. The minimum absolute atomic E-state index is 1.05. The van der Waals surface area contributed by atoms with E-state index in [1.807, 2.05) is 0 Å². The van der Waals surface area contributed by atoms with Gasteiger partial charge in [-0.2, -0.15) is 0 Å². The normalized spacial score (nSPS) is 11.5. The molecule has 2 aromatic heterocycles. The van der Waals surface area contributed by atoms with Gasteiger partial charge in [0.1, 0.15) is 0 Å². The zero-order valence-corrected chi connectivity index (χ0v) is 16.3. The quantitative estimate of drug-likeness (QED) is 0.344. The third kappa shape index (κ3) is 2.66. The maximum atomic E-state index is 5.05. The van der Waals surface area contributed by atoms with Crippen LogP contribution in [0.25, 0.3) is 37.7 Å². The Morgan fingerprint density at radius 3 is 2.41 bits per heavy atom. The molecule has 0 aliphatic rings. The topological polar surface area (TPSA) is 17.3 Å². The molecule has 0 N–H and O–H groups in total. The van der Waals surface area contributed by atoms with Crippen LogP contribution in [-0.2, 0) is 6.42 Å². The van der Waals surface area contributed by atoms with E-state index in [4.69, 9.17) is 4.98 Å². The number of imidazole rings is 1. The Morgan fingerprint density at radius 2 is 1.67 bits per heavy atom. The molecule has 5 rings (SSSR count). The van der Waals surface area contributed by atoms with Crippen LogP contribution in [0.4, 0.5) is 0 Å². The van der Waals surface area contributed by atoms with Crippen LogP contribution in [0, 0.1) is 6.92 Å². The van der Waals surface area contributed by atoms with Crippen LogP contribution in [0.1, 0.15) is 18.1 Å². The molecule has 0 bridgehead atoms. The summed E-state index contributed by atoms with van der Waals surface area (Å²) in [6, 6.07) is 26.0. The van der Waals surface area contributed by atoms with E-state index in [0.29, 0.717) is 0 Å². The highest BCUT2D eigenvalue weighted by molar-refractivity contribution is 7.23. The Labute approximate surface area is 162 Å². The van der Waals surface area contributed by atoms with Crippen molar-refractivity contribution < 1.29 is 0 Å². The molecule has 0 fully saturated rings. The van der Waals surface area contributed by atoms with Gasteiger partial charge >= 0.3 is 0 Å². The van der Waals surface area contributed by atoms with Gasteiger partial charge in [0, 0.05) is 11.1 Å². The molecule has 0 saturated heterocycles. The van der Waals surface area contributed by atoms with E-state index >= 15 is 0 Å². The summed E-state index contributed by atoms with van der Waals surface area (Å²) in [6.07, 6.45) is 1.05. The molecule has 0 radical (unpaired) electrons. The molecule has 132 valence electrons. The molecular formula is C24H20N2S. The average molecular weight is 369 g/mol. The number of hydrogen-bond donors (Lipinski definition) is 0. The fourth-order valence-electron chi connectivity index (χ4n) is 3.64. The van der Waals surface area contributed by atoms with E-state index in [2.05, 4.69) is 91.0 Å². The van der Waals surface area contributed by atoms with Crippen molar-refractivity contribution in [2.45, 2.75) is 20.3 Å². The molecule has 2 heterocycles. The van der Waals surface area contributed by atoms with Crippen LogP contribution >= 0.6 is 11.3 Å². The summed E-state index contributed by atoms with van der Waals surface area (Å²) in [5.74, 6) is 0. The van der Waals surface area contributed by atoms with Crippen molar-refractivity contribution in [3.8, 4) is 22.5 Å². The first-order valence-electron chi connectivity index (χ1n) is 9.31. The third-order valence-corrected chi connectivity index (χ3v) is 6.09. The molecule has 0 aliphatic heterocycles. The Bertz CT molecular complexity index is 1240. The molecule has 0 atom stereocenters. The van der Waals surface area contributed by atoms with Crippen molar-refractivity contribution in [2.24, 2.45) is 0 Å². The Balaban J connectivity index is 1.86. The highest BCUT2D eigenvalue weighted by atomic mass is 32.1. The molecule has 0 saturated carbocycles. The van der Waals surface area contributed by atoms with E-state index < -0.39 is 0 Å². The van der Waals surface area contributed by atoms with Crippen molar-refractivity contribution in [1.82, 2.24) is 9.38 Å². The molecule has 2 nitrogen and oxygen atoms in total. The zero-order valence-electron chi connectivity index (χ0n) is 15.4. The second-order valence-corrected chi connectivity index (χ2v) is 7.93. The molecule has 0 aliphatic carbocycles. The van der Waals surface area contributed by atoms with E-state index in [0.717, 1.165) is 22.6 Å². The average Bonchev–Trinajstić information content (AvgIpc) is 3.24. The van der Waals surface area contributed by atoms with Gasteiger partial charge in [0.2, 0.25) is 0 Å². The lowest BCUT2D eigenvalue weighted by atomic mass is 10.0. The van der Waals surface area contributed by atoms with E-state index in [9.17, 15) is 0 Å². The van der Waals surface area contributed by atoms with Gasteiger partial charge in [-0.05, 0) is 36.6 Å². The number of benzene rings is 3. The smallest absolute Gasteiger partial charge is 0.195 e. The number of thiazole rings is 1. The summed E-state index contributed by atoms with van der Waals surface area (Å²) in [5.41, 5.74) is 8.45. The van der Waals surface area contributed by atoms with Gasteiger partial charge in [-0.25, -0.2) is 4.98 Å². The van der Waals surface area contributed by atoms with Crippen molar-refractivity contribution >= 4 is 26.5 Å². The van der Waals surface area contributed by atoms with Crippen LogP contribution < -0.4 is 0 Å². The first-order valence-corrected chi connectivity index (χ1v) is 10.1. The van der Waals surface area contributed by atoms with Crippen molar-refractivity contribution in [3.05, 3.63) is 83.9 Å². The number of hydrogen-bond acceptors (Lipinski definition) is 2. The first-order chi connectivity index (χ1) is 13.2. The molecule has 0 amide bonds. The van der Waals surface area contributed by atoms with Crippen LogP contribution in [0.2, 0.25) is 0 Å². The first kappa shape index (κ1) is 16.3. The molecule has 0 spiro atoms. The third-order valence-electron chi connectivity index (χ3n) is 5.09. The van der Waals surface area contributed by atoms with Crippen LogP contribution in [0.15, 0.2) is 72.8 Å². The van der Waals surface area contributed by atoms with Crippen molar-refractivity contribution in [1.29, 1.82) is 0 Å². The van der Waals surface area contributed by atoms with Gasteiger partial charge in [-0.15, -0.1) is 0 Å². The lowest BCUT2D eigenvalue weighted by Crippen LogP contribution is -1.90. The highest BCUT2D eigenvalue weighted by Gasteiger charge is 2.19. The van der Waals surface area contributed by atoms with Gasteiger partial charge in [0.15, 0.2) is 4.96 Å². The lowest BCUT2D eigenvalue weighted by molar-refractivity contribution is 1.14. The second kappa shape index (κ2) is 6.36. The monoisotopic (exact) mass is 368 g/mol. The largest absolute Gasteiger partial charge is 0.282 e. The Morgan fingerprint density at radius 1 is 0.889 bits per heavy atom. The van der Waals surface area contributed by atoms with Gasteiger partial charge < -0.3 is 0 Å². The summed E-state index contributed by atoms with van der Waals surface area (Å²) in [7, 11) is 0. The minimum Gasteiger partial charge on any atom is -0.282 e. The summed E-state index contributed by atoms with van der Waals surface area (Å²) in [6.45, 7) is 4.33. The maximum Gasteiger partial charge on any atom is 0.195 e. The lowest BCUT2D eigenvalue weighted by Gasteiger charge is -2.07. The summed E-state index contributed by atoms with van der Waals surface area (Å²) >= 11 is 1.76. The molecular weight excluding hydrogens is 348 g/mol. The fraction of sp³-hybridized carbons (Fsp3) is 0.125. The molecule has 0 unspecified atom stereocenters. The summed E-state index contributed by atoms with van der Waals surface area (Å²) < 4.78 is 3.60. The SMILES string of the molecule is CCc1ccc(-c2c(-c3ccccc3)nc3sc4cc(C)ccc4n23)cc1. The van der Waals surface area contributed by atoms with Crippen LogP contribution in [0.3, 0.4) is 0 Å². The van der Waals surface area contributed by atoms with E-state index in [1.54, 1.807) is 11.3 Å². The maximum absolute atomic E-state index is 5.05. The van der Waals surface area contributed by atoms with Crippen LogP contribution in [0.5, 0.6) is 0 Å². The second-order valence-electron chi connectivity index (χ2n) is 6.92. The number of aromatic nitrogens is 2. The highest BCUT2D eigenvalue weighted by Crippen LogP contribution is 2.38. The fourth-order valence-corrected chi connectivity index (χ4v) is 4.76. The van der Waals surface area contributed by atoms with Crippen molar-refractivity contribution in [2.75, 3.05) is 0 Å². The summed E-state index contributed by atoms with van der Waals surface area (Å²) in [5, 5.41) is 0. The predicted molar refractivity (Wildman–Crippen MR) is 116 cm³/mol. The van der Waals surface area contributed by atoms with E-state index in [-0.39, 0.29) is 0 Å². The van der Waals surface area contributed by atoms with Gasteiger partial charge in [0.05, 0.1) is 21.6 Å². The Hall–Kier alpha value is -2.91. The van der Waals surface area contributed by atoms with Gasteiger partial charge in [-0.1, -0.05) is 78.9 Å². The molecule has 3 heteroatoms. The number of rotatable bonds is 3. The summed E-state index contributed by atoms with van der Waals surface area (Å²) in [4.78, 5) is 6.10. The van der Waals surface area contributed by atoms with E-state index in [1.165, 1.54) is 32.6 Å². The number of fused-ring (bicyclic) bond motifs is 3. The molecule has 27 heavy (non-hydrogen) atoms. The molecule has 3 aromatic carbocycles.